The fraction of sp³-hybridized carbons (Fsp3) is 0.0233. The monoisotopic (exact) mass is 606 g/mol. The van der Waals surface area contributed by atoms with E-state index in [4.69, 9.17) is 0 Å². The van der Waals surface area contributed by atoms with E-state index in [-0.39, 0.29) is 0 Å². The van der Waals surface area contributed by atoms with Crippen LogP contribution >= 0.6 is 11.3 Å². The Morgan fingerprint density at radius 3 is 2.02 bits per heavy atom. The van der Waals surface area contributed by atoms with E-state index in [2.05, 4.69) is 180 Å². The van der Waals surface area contributed by atoms with Crippen LogP contribution in [-0.2, 0) is 0 Å². The van der Waals surface area contributed by atoms with E-state index < -0.39 is 0 Å². The largest absolute Gasteiger partial charge is 0.310 e. The highest BCUT2D eigenvalue weighted by atomic mass is 32.1. The maximum atomic E-state index is 2.43. The van der Waals surface area contributed by atoms with Gasteiger partial charge in [-0.2, -0.15) is 0 Å². The first kappa shape index (κ1) is 26.7. The molecule has 218 valence electrons. The molecule has 0 radical (unpaired) electrons. The van der Waals surface area contributed by atoms with Gasteiger partial charge >= 0.3 is 0 Å². The zero-order valence-electron chi connectivity index (χ0n) is 25.4. The molecule has 0 saturated carbocycles. The second kappa shape index (κ2) is 10.8. The summed E-state index contributed by atoms with van der Waals surface area (Å²) in [4.78, 5) is 2.43. The molecule has 0 fully saturated rings. The summed E-state index contributed by atoms with van der Waals surface area (Å²) in [5.74, 6) is 0. The lowest BCUT2D eigenvalue weighted by atomic mass is 10.1. The van der Waals surface area contributed by atoms with Gasteiger partial charge in [-0.3, -0.25) is 0 Å². The summed E-state index contributed by atoms with van der Waals surface area (Å²) < 4.78 is 5.04. The van der Waals surface area contributed by atoms with Gasteiger partial charge in [-0.15, -0.1) is 11.3 Å². The predicted octanol–water partition coefficient (Wildman–Crippen LogP) is 12.6. The van der Waals surface area contributed by atoms with E-state index in [0.29, 0.717) is 0 Å². The van der Waals surface area contributed by atoms with Gasteiger partial charge in [-0.05, 0) is 90.8 Å². The Kier molecular flexibility index (Phi) is 6.25. The molecular formula is C43H30N2S. The number of para-hydroxylation sites is 1. The molecule has 2 nitrogen and oxygen atoms in total. The Morgan fingerprint density at radius 2 is 1.20 bits per heavy atom. The van der Waals surface area contributed by atoms with Crippen molar-refractivity contribution in [2.24, 2.45) is 0 Å². The Balaban J connectivity index is 1.30. The van der Waals surface area contributed by atoms with E-state index in [0.717, 1.165) is 22.7 Å². The standard InChI is InChI=1S/C43H30N2S/c1-29-19-25-38-37(27-29)43-39(16-10-17-40(43)45(38)33-22-20-31(21-23-33)30-11-4-2-5-12-30)44(32-13-6-3-7-14-32)34-24-26-42-36(28-34)35-15-8-9-18-41(35)46-42/h2-28H,1H3. The number of fused-ring (bicyclic) bond motifs is 6. The Bertz CT molecular complexity index is 2520. The van der Waals surface area contributed by atoms with Gasteiger partial charge in [-0.1, -0.05) is 96.6 Å². The second-order valence-electron chi connectivity index (χ2n) is 11.9. The van der Waals surface area contributed by atoms with Crippen LogP contribution in [0.15, 0.2) is 164 Å². The van der Waals surface area contributed by atoms with Gasteiger partial charge in [0, 0.05) is 48.0 Å². The molecule has 0 aliphatic rings. The molecule has 46 heavy (non-hydrogen) atoms. The summed E-state index contributed by atoms with van der Waals surface area (Å²) >= 11 is 1.86. The third kappa shape index (κ3) is 4.32. The number of aryl methyl sites for hydroxylation is 1. The van der Waals surface area contributed by atoms with Crippen molar-refractivity contribution in [1.82, 2.24) is 4.57 Å². The van der Waals surface area contributed by atoms with Gasteiger partial charge in [0.1, 0.15) is 0 Å². The molecule has 2 heterocycles. The molecule has 0 N–H and O–H groups in total. The molecule has 9 aromatic rings. The molecule has 7 aromatic carbocycles. The maximum absolute atomic E-state index is 2.43. The number of aromatic nitrogens is 1. The predicted molar refractivity (Wildman–Crippen MR) is 199 cm³/mol. The van der Waals surface area contributed by atoms with Crippen LogP contribution in [0.25, 0.3) is 58.8 Å². The smallest absolute Gasteiger partial charge is 0.0562 e. The molecule has 0 bridgehead atoms. The van der Waals surface area contributed by atoms with Gasteiger partial charge in [-0.25, -0.2) is 0 Å². The van der Waals surface area contributed by atoms with Gasteiger partial charge < -0.3 is 9.47 Å². The summed E-state index contributed by atoms with van der Waals surface area (Å²) in [6.45, 7) is 2.18. The van der Waals surface area contributed by atoms with Crippen LogP contribution in [0.5, 0.6) is 0 Å². The molecule has 0 spiro atoms. The molecule has 0 aliphatic carbocycles. The number of hydrogen-bond acceptors (Lipinski definition) is 2. The van der Waals surface area contributed by atoms with Crippen LogP contribution in [0.1, 0.15) is 5.56 Å². The molecular weight excluding hydrogens is 577 g/mol. The van der Waals surface area contributed by atoms with Crippen molar-refractivity contribution in [1.29, 1.82) is 0 Å². The molecule has 0 atom stereocenters. The number of hydrogen-bond donors (Lipinski definition) is 0. The summed E-state index contributed by atoms with van der Waals surface area (Å²) in [6, 6.07) is 59.5. The third-order valence-corrected chi connectivity index (χ3v) is 10.2. The van der Waals surface area contributed by atoms with E-state index in [9.17, 15) is 0 Å². The van der Waals surface area contributed by atoms with Gasteiger partial charge in [0.05, 0.1) is 16.7 Å². The molecule has 0 amide bonds. The normalized spacial score (nSPS) is 11.6. The van der Waals surface area contributed by atoms with Crippen molar-refractivity contribution in [3.05, 3.63) is 169 Å². The maximum Gasteiger partial charge on any atom is 0.0562 e. The minimum Gasteiger partial charge on any atom is -0.310 e. The first-order valence-corrected chi connectivity index (χ1v) is 16.5. The molecule has 0 saturated heterocycles. The van der Waals surface area contributed by atoms with Crippen molar-refractivity contribution >= 4 is 70.4 Å². The Morgan fingerprint density at radius 1 is 0.478 bits per heavy atom. The van der Waals surface area contributed by atoms with Crippen LogP contribution in [0.4, 0.5) is 17.1 Å². The summed E-state index contributed by atoms with van der Waals surface area (Å²) in [5, 5.41) is 5.10. The molecule has 3 heteroatoms. The SMILES string of the molecule is Cc1ccc2c(c1)c1c(N(c3ccccc3)c3ccc4sc5ccccc5c4c3)cccc1n2-c1ccc(-c2ccccc2)cc1. The first-order chi connectivity index (χ1) is 22.7. The highest BCUT2D eigenvalue weighted by Crippen LogP contribution is 2.45. The third-order valence-electron chi connectivity index (χ3n) is 9.03. The highest BCUT2D eigenvalue weighted by Gasteiger charge is 2.21. The van der Waals surface area contributed by atoms with Crippen molar-refractivity contribution in [2.75, 3.05) is 4.90 Å². The van der Waals surface area contributed by atoms with Crippen molar-refractivity contribution in [3.63, 3.8) is 0 Å². The lowest BCUT2D eigenvalue weighted by molar-refractivity contribution is 1.18. The number of benzene rings is 7. The summed E-state index contributed by atoms with van der Waals surface area (Å²) in [5.41, 5.74) is 10.7. The van der Waals surface area contributed by atoms with Crippen LogP contribution in [0.2, 0.25) is 0 Å². The fourth-order valence-corrected chi connectivity index (χ4v) is 8.01. The van der Waals surface area contributed by atoms with Crippen molar-refractivity contribution in [2.45, 2.75) is 6.92 Å². The molecule has 0 aliphatic heterocycles. The lowest BCUT2D eigenvalue weighted by Crippen LogP contribution is -2.10. The van der Waals surface area contributed by atoms with Crippen LogP contribution < -0.4 is 4.90 Å². The van der Waals surface area contributed by atoms with Gasteiger partial charge in [0.2, 0.25) is 0 Å². The zero-order valence-corrected chi connectivity index (χ0v) is 26.2. The molecule has 9 rings (SSSR count). The van der Waals surface area contributed by atoms with Gasteiger partial charge in [0.15, 0.2) is 0 Å². The molecule has 2 aromatic heterocycles. The highest BCUT2D eigenvalue weighted by molar-refractivity contribution is 7.25. The number of thiophene rings is 1. The van der Waals surface area contributed by atoms with Crippen molar-refractivity contribution < 1.29 is 0 Å². The fourth-order valence-electron chi connectivity index (χ4n) is 6.92. The van der Waals surface area contributed by atoms with E-state index in [1.165, 1.54) is 58.7 Å². The second-order valence-corrected chi connectivity index (χ2v) is 13.0. The average Bonchev–Trinajstić information content (AvgIpc) is 3.65. The van der Waals surface area contributed by atoms with Gasteiger partial charge in [0.25, 0.3) is 0 Å². The summed E-state index contributed by atoms with van der Waals surface area (Å²) in [7, 11) is 0. The van der Waals surface area contributed by atoms with Crippen LogP contribution in [0.3, 0.4) is 0 Å². The topological polar surface area (TPSA) is 8.17 Å². The van der Waals surface area contributed by atoms with Crippen LogP contribution in [-0.4, -0.2) is 4.57 Å². The number of rotatable bonds is 5. The quantitative estimate of drug-likeness (QED) is 0.189. The minimum atomic E-state index is 1.13. The Labute approximate surface area is 272 Å². The number of nitrogens with zero attached hydrogens (tertiary/aromatic N) is 2. The lowest BCUT2D eigenvalue weighted by Gasteiger charge is -2.26. The van der Waals surface area contributed by atoms with E-state index in [1.807, 2.05) is 11.3 Å². The Hall–Kier alpha value is -5.64. The van der Waals surface area contributed by atoms with Crippen LogP contribution in [0, 0.1) is 6.92 Å². The minimum absolute atomic E-state index is 1.13. The first-order valence-electron chi connectivity index (χ1n) is 15.7. The average molecular weight is 607 g/mol. The van der Waals surface area contributed by atoms with Crippen molar-refractivity contribution in [3.8, 4) is 16.8 Å². The van der Waals surface area contributed by atoms with E-state index in [1.54, 1.807) is 0 Å². The van der Waals surface area contributed by atoms with E-state index >= 15 is 0 Å². The summed E-state index contributed by atoms with van der Waals surface area (Å²) in [6.07, 6.45) is 0. The number of anilines is 3. The zero-order chi connectivity index (χ0) is 30.6. The molecule has 0 unspecified atom stereocenters.